The zero-order chi connectivity index (χ0) is 15.5. The van der Waals surface area contributed by atoms with Gasteiger partial charge in [-0.05, 0) is 24.3 Å². The molecule has 3 nitrogen and oxygen atoms in total. The molecule has 0 radical (unpaired) electrons. The van der Waals surface area contributed by atoms with Gasteiger partial charge in [0.2, 0.25) is 0 Å². The summed E-state index contributed by atoms with van der Waals surface area (Å²) in [7, 11) is 0. The molecule has 2 rings (SSSR count). The summed E-state index contributed by atoms with van der Waals surface area (Å²) < 4.78 is 0. The number of carbonyl (C=O) groups is 1. The summed E-state index contributed by atoms with van der Waals surface area (Å²) in [5.41, 5.74) is 1.86. The van der Waals surface area contributed by atoms with Gasteiger partial charge in [0.1, 0.15) is 0 Å². The second-order valence-corrected chi connectivity index (χ2v) is 4.37. The van der Waals surface area contributed by atoms with E-state index in [4.69, 9.17) is 0 Å². The molecule has 3 heteroatoms. The summed E-state index contributed by atoms with van der Waals surface area (Å²) in [6.07, 6.45) is 0. The molecule has 0 bridgehead atoms. The molecule has 2 aromatic rings. The molecule has 0 atom stereocenters. The SMILES string of the molecule is O=C(NCC#Cc1ccccc1)NCC#Cc1ccccc1. The molecule has 2 N–H and O–H groups in total. The Hall–Kier alpha value is -3.17. The van der Waals surface area contributed by atoms with Crippen molar-refractivity contribution in [1.29, 1.82) is 0 Å². The standard InChI is InChI=1S/C19H16N2O/c22-19(20-15-7-13-17-9-3-1-4-10-17)21-16-8-14-18-11-5-2-6-12-18/h1-6,9-12H,15-16H2,(H2,20,21,22). The van der Waals surface area contributed by atoms with Crippen molar-refractivity contribution in [3.05, 3.63) is 71.8 Å². The molecule has 0 saturated heterocycles. The Morgan fingerprint density at radius 2 is 1.14 bits per heavy atom. The largest absolute Gasteiger partial charge is 0.327 e. The first-order valence-electron chi connectivity index (χ1n) is 6.94. The molecule has 0 aliphatic heterocycles. The van der Waals surface area contributed by atoms with Crippen LogP contribution in [0.25, 0.3) is 0 Å². The highest BCUT2D eigenvalue weighted by atomic mass is 16.2. The van der Waals surface area contributed by atoms with Crippen LogP contribution in [0.1, 0.15) is 11.1 Å². The predicted octanol–water partition coefficient (Wildman–Crippen LogP) is 2.39. The molecule has 0 aromatic heterocycles. The predicted molar refractivity (Wildman–Crippen MR) is 88.0 cm³/mol. The second kappa shape index (κ2) is 8.89. The summed E-state index contributed by atoms with van der Waals surface area (Å²) in [6.45, 7) is 0.597. The summed E-state index contributed by atoms with van der Waals surface area (Å²) in [6, 6.07) is 19.0. The lowest BCUT2D eigenvalue weighted by Gasteiger charge is -2.00. The number of amides is 2. The van der Waals surface area contributed by atoms with E-state index in [-0.39, 0.29) is 6.03 Å². The molecule has 0 spiro atoms. The van der Waals surface area contributed by atoms with E-state index in [0.29, 0.717) is 13.1 Å². The number of hydrogen-bond acceptors (Lipinski definition) is 1. The van der Waals surface area contributed by atoms with Crippen molar-refractivity contribution in [2.45, 2.75) is 0 Å². The Labute approximate surface area is 130 Å². The molecule has 0 fully saturated rings. The fourth-order valence-corrected chi connectivity index (χ4v) is 1.65. The Balaban J connectivity index is 1.67. The van der Waals surface area contributed by atoms with Crippen molar-refractivity contribution >= 4 is 6.03 Å². The monoisotopic (exact) mass is 288 g/mol. The lowest BCUT2D eigenvalue weighted by molar-refractivity contribution is 0.243. The van der Waals surface area contributed by atoms with Crippen molar-refractivity contribution < 1.29 is 4.79 Å². The summed E-state index contributed by atoms with van der Waals surface area (Å²) in [5.74, 6) is 11.7. The number of nitrogens with one attached hydrogen (secondary N) is 2. The average molecular weight is 288 g/mol. The Morgan fingerprint density at radius 1 is 0.727 bits per heavy atom. The maximum Gasteiger partial charge on any atom is 0.316 e. The van der Waals surface area contributed by atoms with Crippen LogP contribution < -0.4 is 10.6 Å². The number of benzene rings is 2. The third-order valence-electron chi connectivity index (χ3n) is 2.69. The quantitative estimate of drug-likeness (QED) is 0.819. The Morgan fingerprint density at radius 3 is 1.55 bits per heavy atom. The van der Waals surface area contributed by atoms with Gasteiger partial charge in [-0.1, -0.05) is 60.1 Å². The number of urea groups is 1. The first kappa shape index (κ1) is 15.2. The van der Waals surface area contributed by atoms with E-state index in [1.54, 1.807) is 0 Å². The molecule has 22 heavy (non-hydrogen) atoms. The van der Waals surface area contributed by atoms with Gasteiger partial charge >= 0.3 is 6.03 Å². The van der Waals surface area contributed by atoms with Crippen molar-refractivity contribution in [3.63, 3.8) is 0 Å². The van der Waals surface area contributed by atoms with Crippen molar-refractivity contribution in [3.8, 4) is 23.7 Å². The smallest absolute Gasteiger partial charge is 0.316 e. The van der Waals surface area contributed by atoms with Crippen LogP contribution in [0.3, 0.4) is 0 Å². The number of hydrogen-bond donors (Lipinski definition) is 2. The van der Waals surface area contributed by atoms with Crippen LogP contribution in [-0.2, 0) is 0 Å². The molecular weight excluding hydrogens is 272 g/mol. The maximum atomic E-state index is 11.5. The summed E-state index contributed by atoms with van der Waals surface area (Å²) >= 11 is 0. The van der Waals surface area contributed by atoms with Crippen LogP contribution >= 0.6 is 0 Å². The second-order valence-electron chi connectivity index (χ2n) is 4.37. The van der Waals surface area contributed by atoms with Gasteiger partial charge < -0.3 is 10.6 Å². The van der Waals surface area contributed by atoms with E-state index in [9.17, 15) is 4.79 Å². The zero-order valence-corrected chi connectivity index (χ0v) is 12.1. The minimum Gasteiger partial charge on any atom is -0.327 e. The van der Waals surface area contributed by atoms with Crippen LogP contribution in [0.2, 0.25) is 0 Å². The van der Waals surface area contributed by atoms with Crippen molar-refractivity contribution in [2.75, 3.05) is 13.1 Å². The highest BCUT2D eigenvalue weighted by Gasteiger charge is 1.94. The van der Waals surface area contributed by atoms with Gasteiger partial charge in [0.15, 0.2) is 0 Å². The van der Waals surface area contributed by atoms with Gasteiger partial charge in [0, 0.05) is 11.1 Å². The zero-order valence-electron chi connectivity index (χ0n) is 12.1. The molecule has 2 amide bonds. The molecular formula is C19H16N2O. The van der Waals surface area contributed by atoms with Crippen molar-refractivity contribution in [1.82, 2.24) is 10.6 Å². The molecule has 108 valence electrons. The molecule has 0 heterocycles. The lowest BCUT2D eigenvalue weighted by Crippen LogP contribution is -2.35. The van der Waals surface area contributed by atoms with Gasteiger partial charge in [-0.25, -0.2) is 4.79 Å². The van der Waals surface area contributed by atoms with Gasteiger partial charge in [-0.3, -0.25) is 0 Å². The van der Waals surface area contributed by atoms with E-state index >= 15 is 0 Å². The Bertz CT molecular complexity index is 653. The maximum absolute atomic E-state index is 11.5. The van der Waals surface area contributed by atoms with Crippen LogP contribution in [0, 0.1) is 23.7 Å². The topological polar surface area (TPSA) is 41.1 Å². The van der Waals surface area contributed by atoms with E-state index < -0.39 is 0 Å². The first-order chi connectivity index (χ1) is 10.8. The van der Waals surface area contributed by atoms with Gasteiger partial charge in [-0.2, -0.15) is 0 Å². The van der Waals surface area contributed by atoms with Crippen LogP contribution in [0.4, 0.5) is 4.79 Å². The molecule has 0 aliphatic carbocycles. The minimum absolute atomic E-state index is 0.273. The third kappa shape index (κ3) is 5.86. The summed E-state index contributed by atoms with van der Waals surface area (Å²) in [5, 5.41) is 5.32. The molecule has 0 saturated carbocycles. The van der Waals surface area contributed by atoms with Crippen LogP contribution in [-0.4, -0.2) is 19.1 Å². The average Bonchev–Trinajstić information content (AvgIpc) is 2.57. The normalized spacial score (nSPS) is 8.73. The van der Waals surface area contributed by atoms with E-state index in [1.807, 2.05) is 60.7 Å². The Kier molecular flexibility index (Phi) is 6.15. The van der Waals surface area contributed by atoms with Crippen molar-refractivity contribution in [2.24, 2.45) is 0 Å². The van der Waals surface area contributed by atoms with Gasteiger partial charge in [0.05, 0.1) is 13.1 Å². The van der Waals surface area contributed by atoms with Crippen LogP contribution in [0.5, 0.6) is 0 Å². The minimum atomic E-state index is -0.273. The van der Waals surface area contributed by atoms with E-state index in [1.165, 1.54) is 0 Å². The fraction of sp³-hybridized carbons (Fsp3) is 0.105. The van der Waals surface area contributed by atoms with Gasteiger partial charge in [-0.15, -0.1) is 0 Å². The molecule has 0 unspecified atom stereocenters. The number of carbonyl (C=O) groups excluding carboxylic acids is 1. The van der Waals surface area contributed by atoms with Gasteiger partial charge in [0.25, 0.3) is 0 Å². The van der Waals surface area contributed by atoms with Crippen LogP contribution in [0.15, 0.2) is 60.7 Å². The lowest BCUT2D eigenvalue weighted by atomic mass is 10.2. The highest BCUT2D eigenvalue weighted by molar-refractivity contribution is 5.74. The molecule has 2 aromatic carbocycles. The third-order valence-corrected chi connectivity index (χ3v) is 2.69. The van der Waals surface area contributed by atoms with E-state index in [0.717, 1.165) is 11.1 Å². The van der Waals surface area contributed by atoms with E-state index in [2.05, 4.69) is 34.3 Å². The fourth-order valence-electron chi connectivity index (χ4n) is 1.65. The summed E-state index contributed by atoms with van der Waals surface area (Å²) in [4.78, 5) is 11.5. The highest BCUT2D eigenvalue weighted by Crippen LogP contribution is 1.94. The molecule has 0 aliphatic rings. The number of rotatable bonds is 2. The first-order valence-corrected chi connectivity index (χ1v) is 6.94.